The molecule has 2 aliphatic rings. The van der Waals surface area contributed by atoms with Crippen LogP contribution in [0.25, 0.3) is 0 Å². The standard InChI is InChI=1S/C37H40N2O5S2/c1-5-28-15-17-30(18-16-28)35-24-37(4)33(25-38(35)45(41,42)31-19-11-26(2)12-20-31)36(40)23-34(29-9-7-6-8-10-29)39(37)46(43,44)32-21-13-27(3)14-22-32/h6-22,33-35H,5,23-25H2,1-4H3. The van der Waals surface area contributed by atoms with Crippen molar-refractivity contribution in [2.24, 2.45) is 5.92 Å². The van der Waals surface area contributed by atoms with E-state index in [0.29, 0.717) is 0 Å². The fourth-order valence-corrected chi connectivity index (χ4v) is 10.8. The summed E-state index contributed by atoms with van der Waals surface area (Å²) in [6.45, 7) is 7.56. The molecule has 2 fully saturated rings. The zero-order valence-electron chi connectivity index (χ0n) is 26.6. The molecule has 2 aliphatic heterocycles. The molecule has 0 radical (unpaired) electrons. The van der Waals surface area contributed by atoms with Crippen LogP contribution in [0.5, 0.6) is 0 Å². The van der Waals surface area contributed by atoms with E-state index in [9.17, 15) is 21.6 Å². The number of sulfonamides is 2. The van der Waals surface area contributed by atoms with Gasteiger partial charge in [0.15, 0.2) is 0 Å². The van der Waals surface area contributed by atoms with Crippen molar-refractivity contribution < 1.29 is 21.6 Å². The first-order valence-corrected chi connectivity index (χ1v) is 18.6. The van der Waals surface area contributed by atoms with Gasteiger partial charge in [0, 0.05) is 18.5 Å². The maximum atomic E-state index is 14.8. The lowest BCUT2D eigenvalue weighted by Gasteiger charge is -2.57. The van der Waals surface area contributed by atoms with Gasteiger partial charge in [0.05, 0.1) is 27.8 Å². The Kier molecular flexibility index (Phi) is 8.56. The number of hydrogen-bond donors (Lipinski definition) is 0. The quantitative estimate of drug-likeness (QED) is 0.219. The number of piperidine rings is 2. The average molecular weight is 657 g/mol. The molecule has 46 heavy (non-hydrogen) atoms. The van der Waals surface area contributed by atoms with Crippen LogP contribution >= 0.6 is 0 Å². The Morgan fingerprint density at radius 2 is 1.22 bits per heavy atom. The van der Waals surface area contributed by atoms with Gasteiger partial charge >= 0.3 is 0 Å². The number of fused-ring (bicyclic) bond motifs is 1. The minimum Gasteiger partial charge on any atom is -0.299 e. The predicted octanol–water partition coefficient (Wildman–Crippen LogP) is 6.78. The topological polar surface area (TPSA) is 91.8 Å². The molecule has 7 nitrogen and oxygen atoms in total. The average Bonchev–Trinajstić information content (AvgIpc) is 3.04. The molecule has 0 aromatic heterocycles. The Balaban J connectivity index is 1.54. The van der Waals surface area contributed by atoms with E-state index >= 15 is 0 Å². The molecule has 0 amide bonds. The number of carbonyl (C=O) groups is 1. The minimum absolute atomic E-state index is 0.0519. The summed E-state index contributed by atoms with van der Waals surface area (Å²) in [5, 5.41) is 0. The summed E-state index contributed by atoms with van der Waals surface area (Å²) >= 11 is 0. The van der Waals surface area contributed by atoms with Crippen molar-refractivity contribution in [3.05, 3.63) is 131 Å². The van der Waals surface area contributed by atoms with E-state index in [1.165, 1.54) is 8.61 Å². The van der Waals surface area contributed by atoms with Crippen molar-refractivity contribution in [3.63, 3.8) is 0 Å². The Bertz CT molecular complexity index is 1940. The molecule has 0 bridgehead atoms. The molecule has 4 aromatic carbocycles. The highest BCUT2D eigenvalue weighted by Crippen LogP contribution is 2.53. The number of aryl methyl sites for hydroxylation is 3. The first-order valence-electron chi connectivity index (χ1n) is 15.7. The lowest BCUT2D eigenvalue weighted by Crippen LogP contribution is -2.67. The molecule has 0 spiro atoms. The number of carbonyl (C=O) groups excluding carboxylic acids is 1. The highest BCUT2D eigenvalue weighted by Gasteiger charge is 2.61. The van der Waals surface area contributed by atoms with Crippen LogP contribution in [0.15, 0.2) is 113 Å². The second kappa shape index (κ2) is 12.2. The largest absolute Gasteiger partial charge is 0.299 e. The molecule has 0 aliphatic carbocycles. The second-order valence-corrected chi connectivity index (χ2v) is 16.5. The molecule has 6 rings (SSSR count). The summed E-state index contributed by atoms with van der Waals surface area (Å²) in [7, 11) is -8.20. The SMILES string of the molecule is CCc1ccc(C2CC3(C)C(CN2S(=O)(=O)c2ccc(C)cc2)C(=O)CC(c2ccccc2)N3S(=O)(=O)c2ccc(C)cc2)cc1. The second-order valence-electron chi connectivity index (χ2n) is 12.8. The maximum absolute atomic E-state index is 14.8. The number of Topliss-reactive ketones (excluding diaryl/α,β-unsaturated/α-hetero) is 1. The van der Waals surface area contributed by atoms with Crippen LogP contribution in [0.4, 0.5) is 0 Å². The van der Waals surface area contributed by atoms with Crippen LogP contribution in [0.2, 0.25) is 0 Å². The van der Waals surface area contributed by atoms with E-state index in [2.05, 4.69) is 6.92 Å². The molecular weight excluding hydrogens is 617 g/mol. The van der Waals surface area contributed by atoms with E-state index in [-0.39, 0.29) is 35.0 Å². The third-order valence-corrected chi connectivity index (χ3v) is 13.7. The van der Waals surface area contributed by atoms with Crippen molar-refractivity contribution in [3.8, 4) is 0 Å². The van der Waals surface area contributed by atoms with Gasteiger partial charge in [-0.2, -0.15) is 8.61 Å². The Hall–Kier alpha value is -3.63. The monoisotopic (exact) mass is 656 g/mol. The normalized spacial score (nSPS) is 24.4. The smallest absolute Gasteiger partial charge is 0.244 e. The molecule has 4 atom stereocenters. The van der Waals surface area contributed by atoms with Crippen LogP contribution in [0, 0.1) is 19.8 Å². The molecule has 2 heterocycles. The van der Waals surface area contributed by atoms with Crippen LogP contribution in [0.3, 0.4) is 0 Å². The van der Waals surface area contributed by atoms with E-state index in [0.717, 1.165) is 34.2 Å². The molecular formula is C37H40N2O5S2. The van der Waals surface area contributed by atoms with Gasteiger partial charge in [-0.15, -0.1) is 0 Å². The molecule has 2 saturated heterocycles. The predicted molar refractivity (Wildman–Crippen MR) is 179 cm³/mol. The number of ketones is 1. The summed E-state index contributed by atoms with van der Waals surface area (Å²) in [6.07, 6.45) is 0.879. The van der Waals surface area contributed by atoms with E-state index in [1.807, 2.05) is 75.4 Å². The summed E-state index contributed by atoms with van der Waals surface area (Å²) in [5.74, 6) is -1.02. The van der Waals surface area contributed by atoms with Crippen molar-refractivity contribution >= 4 is 25.8 Å². The third-order valence-electron chi connectivity index (χ3n) is 9.80. The van der Waals surface area contributed by atoms with Crippen LogP contribution in [-0.4, -0.2) is 43.3 Å². The van der Waals surface area contributed by atoms with Crippen LogP contribution in [-0.2, 0) is 31.3 Å². The maximum Gasteiger partial charge on any atom is 0.244 e. The molecule has 9 heteroatoms. The number of hydrogen-bond acceptors (Lipinski definition) is 5. The molecule has 4 aromatic rings. The summed E-state index contributed by atoms with van der Waals surface area (Å²) in [5.41, 5.74) is 3.23. The number of nitrogens with zero attached hydrogens (tertiary/aromatic N) is 2. The highest BCUT2D eigenvalue weighted by molar-refractivity contribution is 7.89. The summed E-state index contributed by atoms with van der Waals surface area (Å²) in [4.78, 5) is 14.5. The van der Waals surface area contributed by atoms with E-state index in [4.69, 9.17) is 0 Å². The minimum atomic E-state index is -4.14. The summed E-state index contributed by atoms with van der Waals surface area (Å²) < 4.78 is 61.3. The van der Waals surface area contributed by atoms with Crippen molar-refractivity contribution in [2.75, 3.05) is 6.54 Å². The first kappa shape index (κ1) is 32.3. The fraction of sp³-hybridized carbons (Fsp3) is 0.324. The lowest BCUT2D eigenvalue weighted by atomic mass is 9.69. The summed E-state index contributed by atoms with van der Waals surface area (Å²) in [6, 6.07) is 29.1. The van der Waals surface area contributed by atoms with Gasteiger partial charge in [-0.05, 0) is 74.6 Å². The Morgan fingerprint density at radius 3 is 1.76 bits per heavy atom. The van der Waals surface area contributed by atoms with Crippen LogP contribution in [0.1, 0.15) is 66.6 Å². The third kappa shape index (κ3) is 5.64. The van der Waals surface area contributed by atoms with Crippen molar-refractivity contribution in [2.45, 2.75) is 74.4 Å². The van der Waals surface area contributed by atoms with Crippen molar-refractivity contribution in [1.29, 1.82) is 0 Å². The van der Waals surface area contributed by atoms with Crippen molar-refractivity contribution in [1.82, 2.24) is 8.61 Å². The van der Waals surface area contributed by atoms with Gasteiger partial charge in [0.1, 0.15) is 5.78 Å². The van der Waals surface area contributed by atoms with Gasteiger partial charge in [0.25, 0.3) is 0 Å². The Morgan fingerprint density at radius 1 is 0.696 bits per heavy atom. The molecule has 0 N–H and O–H groups in total. The number of benzene rings is 4. The zero-order chi connectivity index (χ0) is 32.9. The van der Waals surface area contributed by atoms with Gasteiger partial charge in [-0.25, -0.2) is 16.8 Å². The van der Waals surface area contributed by atoms with Gasteiger partial charge in [-0.1, -0.05) is 96.9 Å². The molecule has 0 saturated carbocycles. The lowest BCUT2D eigenvalue weighted by molar-refractivity contribution is -0.138. The van der Waals surface area contributed by atoms with E-state index in [1.54, 1.807) is 48.5 Å². The van der Waals surface area contributed by atoms with Gasteiger partial charge in [0.2, 0.25) is 20.0 Å². The van der Waals surface area contributed by atoms with Gasteiger partial charge < -0.3 is 0 Å². The highest BCUT2D eigenvalue weighted by atomic mass is 32.2. The number of rotatable bonds is 7. The first-order chi connectivity index (χ1) is 21.9. The Labute approximate surface area is 273 Å². The molecule has 4 unspecified atom stereocenters. The fourth-order valence-electron chi connectivity index (χ4n) is 7.17. The van der Waals surface area contributed by atoms with Crippen LogP contribution < -0.4 is 0 Å². The van der Waals surface area contributed by atoms with Gasteiger partial charge in [-0.3, -0.25) is 4.79 Å². The zero-order valence-corrected chi connectivity index (χ0v) is 28.3. The van der Waals surface area contributed by atoms with E-state index < -0.39 is 43.6 Å². The molecule has 240 valence electrons.